The standard InChI is InChI=1S/C19H21NO2S/c1-16-6-5-15-20(16)23(21,22)19-13-11-18(12-14-19)10-9-17-7-3-2-4-8-17/h2-4,7-14,16H,5-6,15H2,1H3/b10-9+. The Morgan fingerprint density at radius 3 is 2.13 bits per heavy atom. The molecule has 0 radical (unpaired) electrons. The highest BCUT2D eigenvalue weighted by Crippen LogP contribution is 2.26. The van der Waals surface area contributed by atoms with Crippen LogP contribution in [0.2, 0.25) is 0 Å². The van der Waals surface area contributed by atoms with Gasteiger partial charge < -0.3 is 0 Å². The Hall–Kier alpha value is -1.91. The van der Waals surface area contributed by atoms with Crippen molar-refractivity contribution in [3.05, 3.63) is 65.7 Å². The topological polar surface area (TPSA) is 37.4 Å². The first-order valence-electron chi connectivity index (χ1n) is 7.92. The second-order valence-corrected chi connectivity index (χ2v) is 7.81. The Morgan fingerprint density at radius 1 is 0.957 bits per heavy atom. The van der Waals surface area contributed by atoms with Crippen LogP contribution < -0.4 is 0 Å². The van der Waals surface area contributed by atoms with E-state index in [1.165, 1.54) is 0 Å². The van der Waals surface area contributed by atoms with E-state index in [-0.39, 0.29) is 6.04 Å². The molecule has 3 rings (SSSR count). The maximum atomic E-state index is 12.6. The first-order valence-corrected chi connectivity index (χ1v) is 9.36. The third-order valence-corrected chi connectivity index (χ3v) is 6.27. The van der Waals surface area contributed by atoms with Gasteiger partial charge in [0.2, 0.25) is 10.0 Å². The molecule has 1 heterocycles. The second-order valence-electron chi connectivity index (χ2n) is 5.92. The highest BCUT2D eigenvalue weighted by molar-refractivity contribution is 7.89. The number of sulfonamides is 1. The van der Waals surface area contributed by atoms with Crippen LogP contribution >= 0.6 is 0 Å². The summed E-state index contributed by atoms with van der Waals surface area (Å²) < 4.78 is 26.9. The van der Waals surface area contributed by atoms with Crippen LogP contribution in [-0.2, 0) is 10.0 Å². The van der Waals surface area contributed by atoms with Crippen LogP contribution in [0.5, 0.6) is 0 Å². The third-order valence-electron chi connectivity index (χ3n) is 4.25. The molecule has 0 spiro atoms. The molecule has 0 N–H and O–H groups in total. The van der Waals surface area contributed by atoms with Crippen molar-refractivity contribution in [1.82, 2.24) is 4.31 Å². The van der Waals surface area contributed by atoms with Crippen LogP contribution in [0.3, 0.4) is 0 Å². The Bertz CT molecular complexity index is 780. The van der Waals surface area contributed by atoms with Crippen molar-refractivity contribution in [3.63, 3.8) is 0 Å². The molecule has 23 heavy (non-hydrogen) atoms. The summed E-state index contributed by atoms with van der Waals surface area (Å²) in [7, 11) is -3.36. The minimum absolute atomic E-state index is 0.0950. The fourth-order valence-corrected chi connectivity index (χ4v) is 4.61. The van der Waals surface area contributed by atoms with Gasteiger partial charge >= 0.3 is 0 Å². The highest BCUT2D eigenvalue weighted by Gasteiger charge is 2.32. The normalized spacial score (nSPS) is 19.4. The first-order chi connectivity index (χ1) is 11.1. The molecule has 1 atom stereocenters. The van der Waals surface area contributed by atoms with Crippen molar-refractivity contribution in [2.75, 3.05) is 6.54 Å². The minimum Gasteiger partial charge on any atom is -0.207 e. The van der Waals surface area contributed by atoms with Crippen LogP contribution in [-0.4, -0.2) is 25.3 Å². The lowest BCUT2D eigenvalue weighted by molar-refractivity contribution is 0.408. The Kier molecular flexibility index (Phi) is 4.64. The SMILES string of the molecule is CC1CCCN1S(=O)(=O)c1ccc(/C=C/c2ccccc2)cc1. The summed E-state index contributed by atoms with van der Waals surface area (Å²) >= 11 is 0. The summed E-state index contributed by atoms with van der Waals surface area (Å²) in [5.41, 5.74) is 2.11. The molecule has 1 saturated heterocycles. The van der Waals surface area contributed by atoms with Gasteiger partial charge in [-0.05, 0) is 43.0 Å². The zero-order chi connectivity index (χ0) is 16.3. The van der Waals surface area contributed by atoms with Gasteiger partial charge in [0.05, 0.1) is 4.90 Å². The molecule has 0 aromatic heterocycles. The summed E-state index contributed by atoms with van der Waals surface area (Å²) in [6.45, 7) is 2.60. The largest absolute Gasteiger partial charge is 0.243 e. The van der Waals surface area contributed by atoms with E-state index in [1.54, 1.807) is 16.4 Å². The van der Waals surface area contributed by atoms with Crippen LogP contribution in [0.15, 0.2) is 59.5 Å². The number of hydrogen-bond acceptors (Lipinski definition) is 2. The van der Waals surface area contributed by atoms with Gasteiger partial charge in [-0.1, -0.05) is 54.6 Å². The summed E-state index contributed by atoms with van der Waals surface area (Å²) in [4.78, 5) is 0.378. The molecule has 1 fully saturated rings. The molecule has 1 aliphatic heterocycles. The fraction of sp³-hybridized carbons (Fsp3) is 0.263. The van der Waals surface area contributed by atoms with Crippen LogP contribution in [0.1, 0.15) is 30.9 Å². The quantitative estimate of drug-likeness (QED) is 0.795. The number of rotatable bonds is 4. The molecular formula is C19H21NO2S. The minimum atomic E-state index is -3.36. The van der Waals surface area contributed by atoms with Crippen molar-refractivity contribution in [2.24, 2.45) is 0 Å². The van der Waals surface area contributed by atoms with Crippen LogP contribution in [0, 0.1) is 0 Å². The van der Waals surface area contributed by atoms with Crippen LogP contribution in [0.25, 0.3) is 12.2 Å². The molecular weight excluding hydrogens is 306 g/mol. The summed E-state index contributed by atoms with van der Waals surface area (Å²) in [5.74, 6) is 0. The molecule has 0 saturated carbocycles. The molecule has 1 unspecified atom stereocenters. The monoisotopic (exact) mass is 327 g/mol. The van der Waals surface area contributed by atoms with E-state index in [2.05, 4.69) is 0 Å². The molecule has 0 amide bonds. The number of hydrogen-bond donors (Lipinski definition) is 0. The molecule has 2 aromatic carbocycles. The molecule has 2 aromatic rings. The maximum Gasteiger partial charge on any atom is 0.243 e. The zero-order valence-corrected chi connectivity index (χ0v) is 14.0. The Balaban J connectivity index is 1.78. The van der Waals surface area contributed by atoms with E-state index in [0.29, 0.717) is 11.4 Å². The van der Waals surface area contributed by atoms with E-state index in [1.807, 2.05) is 61.5 Å². The van der Waals surface area contributed by atoms with Gasteiger partial charge in [0.15, 0.2) is 0 Å². The van der Waals surface area contributed by atoms with Gasteiger partial charge in [-0.3, -0.25) is 0 Å². The molecule has 1 aliphatic rings. The van der Waals surface area contributed by atoms with E-state index in [4.69, 9.17) is 0 Å². The van der Waals surface area contributed by atoms with E-state index < -0.39 is 10.0 Å². The predicted octanol–water partition coefficient (Wildman–Crippen LogP) is 4.03. The van der Waals surface area contributed by atoms with Crippen molar-refractivity contribution in [2.45, 2.75) is 30.7 Å². The maximum absolute atomic E-state index is 12.6. The van der Waals surface area contributed by atoms with E-state index >= 15 is 0 Å². The average Bonchev–Trinajstić information content (AvgIpc) is 3.01. The molecule has 0 bridgehead atoms. The van der Waals surface area contributed by atoms with E-state index in [0.717, 1.165) is 24.0 Å². The predicted molar refractivity (Wildman–Crippen MR) is 94.4 cm³/mol. The van der Waals surface area contributed by atoms with Crippen molar-refractivity contribution >= 4 is 22.2 Å². The van der Waals surface area contributed by atoms with Crippen molar-refractivity contribution < 1.29 is 8.42 Å². The number of nitrogens with zero attached hydrogens (tertiary/aromatic N) is 1. The lowest BCUT2D eigenvalue weighted by Gasteiger charge is -2.20. The fourth-order valence-electron chi connectivity index (χ4n) is 2.91. The highest BCUT2D eigenvalue weighted by atomic mass is 32.2. The zero-order valence-electron chi connectivity index (χ0n) is 13.2. The lowest BCUT2D eigenvalue weighted by atomic mass is 10.1. The summed E-state index contributed by atoms with van der Waals surface area (Å²) in [6.07, 6.45) is 5.89. The third kappa shape index (κ3) is 3.54. The van der Waals surface area contributed by atoms with Crippen molar-refractivity contribution in [1.29, 1.82) is 0 Å². The van der Waals surface area contributed by atoms with Gasteiger partial charge in [0, 0.05) is 12.6 Å². The molecule has 3 nitrogen and oxygen atoms in total. The van der Waals surface area contributed by atoms with Gasteiger partial charge in [-0.2, -0.15) is 4.31 Å². The Labute approximate surface area is 138 Å². The molecule has 120 valence electrons. The molecule has 0 aliphatic carbocycles. The number of benzene rings is 2. The van der Waals surface area contributed by atoms with Gasteiger partial charge in [0.25, 0.3) is 0 Å². The Morgan fingerprint density at radius 2 is 1.57 bits per heavy atom. The van der Waals surface area contributed by atoms with Gasteiger partial charge in [-0.25, -0.2) is 8.42 Å². The smallest absolute Gasteiger partial charge is 0.207 e. The average molecular weight is 327 g/mol. The van der Waals surface area contributed by atoms with E-state index in [9.17, 15) is 8.42 Å². The van der Waals surface area contributed by atoms with Crippen molar-refractivity contribution in [3.8, 4) is 0 Å². The second kappa shape index (κ2) is 6.69. The summed E-state index contributed by atoms with van der Waals surface area (Å²) in [6, 6.07) is 17.2. The summed E-state index contributed by atoms with van der Waals surface area (Å²) in [5, 5.41) is 0. The molecule has 4 heteroatoms. The van der Waals surface area contributed by atoms with Gasteiger partial charge in [0.1, 0.15) is 0 Å². The first kappa shape index (κ1) is 16.0. The lowest BCUT2D eigenvalue weighted by Crippen LogP contribution is -2.33. The van der Waals surface area contributed by atoms with Gasteiger partial charge in [-0.15, -0.1) is 0 Å². The van der Waals surface area contributed by atoms with Crippen LogP contribution in [0.4, 0.5) is 0 Å².